The number of rotatable bonds is 9. The molecule has 2 fully saturated rings. The molecule has 9 nitrogen and oxygen atoms in total. The van der Waals surface area contributed by atoms with E-state index in [1.54, 1.807) is 12.0 Å². The number of ether oxygens (including phenoxy) is 4. The molecular weight excluding hydrogens is 589 g/mol. The quantitative estimate of drug-likeness (QED) is 0.209. The minimum Gasteiger partial charge on any atom is -0.497 e. The van der Waals surface area contributed by atoms with E-state index in [1.165, 1.54) is 6.07 Å². The van der Waals surface area contributed by atoms with Gasteiger partial charge in [0.2, 0.25) is 0 Å². The summed E-state index contributed by atoms with van der Waals surface area (Å²) in [4.78, 5) is 34.7. The van der Waals surface area contributed by atoms with Crippen LogP contribution >= 0.6 is 0 Å². The summed E-state index contributed by atoms with van der Waals surface area (Å²) in [6.45, 7) is 7.33. The summed E-state index contributed by atoms with van der Waals surface area (Å²) in [7, 11) is 1.62. The predicted octanol–water partition coefficient (Wildman–Crippen LogP) is 7.22. The van der Waals surface area contributed by atoms with Crippen LogP contribution in [0, 0.1) is 11.7 Å². The molecule has 2 aliphatic rings. The van der Waals surface area contributed by atoms with Crippen LogP contribution in [0.25, 0.3) is 22.3 Å². The number of benzene rings is 2. The molecule has 1 saturated carbocycles. The molecule has 2 aromatic carbocycles. The summed E-state index contributed by atoms with van der Waals surface area (Å²) in [5, 5.41) is 0.494. The Bertz CT molecular complexity index is 1780. The van der Waals surface area contributed by atoms with Crippen molar-refractivity contribution in [1.82, 2.24) is 14.9 Å². The minimum atomic E-state index is -0.889. The van der Waals surface area contributed by atoms with Crippen LogP contribution in [0.4, 0.5) is 9.18 Å². The number of likely N-dealkylation sites (tertiary alicyclic amines) is 1. The zero-order chi connectivity index (χ0) is 32.4. The number of methoxy groups -OCH3 is 1. The van der Waals surface area contributed by atoms with Gasteiger partial charge < -0.3 is 28.8 Å². The third kappa shape index (κ3) is 7.27. The maximum Gasteiger partial charge on any atom is 0.410 e. The molecule has 46 heavy (non-hydrogen) atoms. The molecule has 3 heterocycles. The molecule has 1 saturated heterocycles. The number of carbonyl (C=O) groups is 1. The van der Waals surface area contributed by atoms with E-state index in [2.05, 4.69) is 4.98 Å². The molecule has 10 heteroatoms. The highest BCUT2D eigenvalue weighted by molar-refractivity contribution is 5.85. The molecule has 0 bridgehead atoms. The van der Waals surface area contributed by atoms with Crippen molar-refractivity contribution in [3.63, 3.8) is 0 Å². The highest BCUT2D eigenvalue weighted by Crippen LogP contribution is 2.42. The SMILES string of the molecule is COc1ccc(COc2cccc(OCC3CC3)c2-c2cc(C3CCCN(C(=O)OC(C)(C)C)C3)c3cc(F)c(=O)[nH]c3n2)cc1. The molecule has 0 spiro atoms. The van der Waals surface area contributed by atoms with Gasteiger partial charge in [-0.25, -0.2) is 14.2 Å². The van der Waals surface area contributed by atoms with Gasteiger partial charge in [0, 0.05) is 24.4 Å². The second-order valence-corrected chi connectivity index (χ2v) is 13.1. The first-order valence-corrected chi connectivity index (χ1v) is 15.8. The van der Waals surface area contributed by atoms with Crippen LogP contribution < -0.4 is 19.8 Å². The van der Waals surface area contributed by atoms with Crippen LogP contribution in [0.5, 0.6) is 17.2 Å². The topological polar surface area (TPSA) is 103 Å². The van der Waals surface area contributed by atoms with Gasteiger partial charge in [-0.1, -0.05) is 18.2 Å². The fraction of sp³-hybridized carbons (Fsp3) is 0.417. The fourth-order valence-electron chi connectivity index (χ4n) is 5.75. The Morgan fingerprint density at radius 3 is 2.48 bits per heavy atom. The number of hydrogen-bond donors (Lipinski definition) is 1. The van der Waals surface area contributed by atoms with Gasteiger partial charge in [0.1, 0.15) is 35.1 Å². The van der Waals surface area contributed by atoms with Crippen molar-refractivity contribution in [2.75, 3.05) is 26.8 Å². The number of amides is 1. The van der Waals surface area contributed by atoms with E-state index in [4.69, 9.17) is 23.9 Å². The Kier molecular flexibility index (Phi) is 8.88. The van der Waals surface area contributed by atoms with E-state index in [-0.39, 0.29) is 17.7 Å². The van der Waals surface area contributed by atoms with Gasteiger partial charge in [-0.15, -0.1) is 0 Å². The lowest BCUT2D eigenvalue weighted by molar-refractivity contribution is 0.0198. The average Bonchev–Trinajstić information content (AvgIpc) is 3.87. The van der Waals surface area contributed by atoms with Gasteiger partial charge in [0.05, 0.1) is 25.0 Å². The second-order valence-electron chi connectivity index (χ2n) is 13.1. The third-order valence-electron chi connectivity index (χ3n) is 8.29. The van der Waals surface area contributed by atoms with Crippen LogP contribution in [-0.2, 0) is 11.3 Å². The maximum atomic E-state index is 14.7. The fourth-order valence-corrected chi connectivity index (χ4v) is 5.75. The zero-order valence-electron chi connectivity index (χ0n) is 26.7. The van der Waals surface area contributed by atoms with E-state index in [1.807, 2.05) is 69.3 Å². The molecule has 0 radical (unpaired) electrons. The highest BCUT2D eigenvalue weighted by Gasteiger charge is 2.31. The van der Waals surface area contributed by atoms with Crippen LogP contribution in [-0.4, -0.2) is 53.4 Å². The molecule has 1 amide bonds. The molecular formula is C36H40FN3O6. The van der Waals surface area contributed by atoms with E-state index in [0.717, 1.165) is 42.6 Å². The van der Waals surface area contributed by atoms with Gasteiger partial charge >= 0.3 is 6.09 Å². The molecule has 1 aliphatic carbocycles. The number of aromatic nitrogens is 2. The van der Waals surface area contributed by atoms with Gasteiger partial charge in [0.25, 0.3) is 5.56 Å². The highest BCUT2D eigenvalue weighted by atomic mass is 19.1. The Hall–Kier alpha value is -4.60. The first kappa shape index (κ1) is 31.4. The van der Waals surface area contributed by atoms with Crippen molar-refractivity contribution in [2.24, 2.45) is 5.92 Å². The summed E-state index contributed by atoms with van der Waals surface area (Å²) in [5.74, 6) is 1.40. The van der Waals surface area contributed by atoms with Crippen molar-refractivity contribution in [3.8, 4) is 28.5 Å². The smallest absolute Gasteiger partial charge is 0.410 e. The van der Waals surface area contributed by atoms with Crippen molar-refractivity contribution in [3.05, 3.63) is 81.9 Å². The lowest BCUT2D eigenvalue weighted by Gasteiger charge is -2.34. The maximum absolute atomic E-state index is 14.7. The Morgan fingerprint density at radius 1 is 1.04 bits per heavy atom. The van der Waals surface area contributed by atoms with Crippen LogP contribution in [0.1, 0.15) is 63.5 Å². The monoisotopic (exact) mass is 629 g/mol. The normalized spacial score (nSPS) is 16.7. The number of H-pyrrole nitrogens is 1. The van der Waals surface area contributed by atoms with Gasteiger partial charge in [-0.2, -0.15) is 0 Å². The molecule has 4 aromatic rings. The summed E-state index contributed by atoms with van der Waals surface area (Å²) in [6.07, 6.45) is 3.38. The third-order valence-corrected chi connectivity index (χ3v) is 8.29. The summed E-state index contributed by atoms with van der Waals surface area (Å²) >= 11 is 0. The Labute approximate surface area is 267 Å². The lowest BCUT2D eigenvalue weighted by Crippen LogP contribution is -2.42. The summed E-state index contributed by atoms with van der Waals surface area (Å²) in [5.41, 5.74) is 1.67. The van der Waals surface area contributed by atoms with E-state index in [9.17, 15) is 14.0 Å². The molecule has 2 aromatic heterocycles. The number of fused-ring (bicyclic) bond motifs is 1. The zero-order valence-corrected chi connectivity index (χ0v) is 26.7. The predicted molar refractivity (Wildman–Crippen MR) is 173 cm³/mol. The largest absolute Gasteiger partial charge is 0.497 e. The molecule has 1 N–H and O–H groups in total. The number of nitrogens with zero attached hydrogens (tertiary/aromatic N) is 2. The van der Waals surface area contributed by atoms with Crippen molar-refractivity contribution in [1.29, 1.82) is 0 Å². The number of hydrogen-bond acceptors (Lipinski definition) is 7. The summed E-state index contributed by atoms with van der Waals surface area (Å²) < 4.78 is 38.4. The minimum absolute atomic E-state index is 0.154. The molecule has 1 unspecified atom stereocenters. The summed E-state index contributed by atoms with van der Waals surface area (Å²) in [6, 6.07) is 16.4. The Morgan fingerprint density at radius 2 is 1.78 bits per heavy atom. The second kappa shape index (κ2) is 13.0. The lowest BCUT2D eigenvalue weighted by atomic mass is 9.88. The molecule has 1 atom stereocenters. The molecule has 6 rings (SSSR count). The average molecular weight is 630 g/mol. The molecule has 242 valence electrons. The van der Waals surface area contributed by atoms with Crippen LogP contribution in [0.3, 0.4) is 0 Å². The van der Waals surface area contributed by atoms with Crippen molar-refractivity contribution in [2.45, 2.75) is 64.6 Å². The number of halogens is 1. The van der Waals surface area contributed by atoms with Crippen LogP contribution in [0.15, 0.2) is 59.4 Å². The first-order chi connectivity index (χ1) is 22.1. The van der Waals surface area contributed by atoms with Gasteiger partial charge in [-0.3, -0.25) is 4.79 Å². The van der Waals surface area contributed by atoms with E-state index < -0.39 is 17.0 Å². The number of aromatic amines is 1. The number of carbonyl (C=O) groups excluding carboxylic acids is 1. The standard InChI is InChI=1S/C36H40FN3O6/c1-36(2,3)46-35(42)40-16-6-7-24(19-40)26-18-29(38-33-27(26)17-28(37)34(41)39-33)32-30(44-20-22-10-11-22)8-5-9-31(32)45-21-23-12-14-25(43-4)15-13-23/h5,8-9,12-15,17-18,22,24H,6-7,10-11,16,19-21H2,1-4H3,(H,38,39,41). The molecule has 1 aliphatic heterocycles. The van der Waals surface area contributed by atoms with Crippen molar-refractivity contribution >= 4 is 17.1 Å². The number of piperidine rings is 1. The van der Waals surface area contributed by atoms with Gasteiger partial charge in [-0.05, 0) is 99.9 Å². The van der Waals surface area contributed by atoms with Gasteiger partial charge in [0.15, 0.2) is 5.82 Å². The van der Waals surface area contributed by atoms with Crippen molar-refractivity contribution < 1.29 is 28.1 Å². The van der Waals surface area contributed by atoms with Crippen LogP contribution in [0.2, 0.25) is 0 Å². The first-order valence-electron chi connectivity index (χ1n) is 15.8. The Balaban J connectivity index is 1.42. The van der Waals surface area contributed by atoms with E-state index >= 15 is 0 Å². The number of nitrogens with one attached hydrogen (secondary N) is 1. The number of pyridine rings is 2. The van der Waals surface area contributed by atoms with E-state index in [0.29, 0.717) is 60.4 Å².